The standard InChI is InChI=1S/C12H28N2/c1-7-8-10(2)14(6)9-12(4,5)11(3)13/h10-11H,7-9,13H2,1-6H3. The molecule has 2 nitrogen and oxygen atoms in total. The first-order valence-electron chi connectivity index (χ1n) is 5.77. The molecule has 0 bridgehead atoms. The predicted molar refractivity (Wildman–Crippen MR) is 64.4 cm³/mol. The fraction of sp³-hybridized carbons (Fsp3) is 1.00. The van der Waals surface area contributed by atoms with Crippen molar-refractivity contribution in [3.63, 3.8) is 0 Å². The van der Waals surface area contributed by atoms with Crippen LogP contribution < -0.4 is 5.73 Å². The molecule has 2 atom stereocenters. The van der Waals surface area contributed by atoms with Gasteiger partial charge in [-0.05, 0) is 32.7 Å². The van der Waals surface area contributed by atoms with Crippen molar-refractivity contribution in [2.45, 2.75) is 59.5 Å². The van der Waals surface area contributed by atoms with Crippen LogP contribution in [0.3, 0.4) is 0 Å². The first kappa shape index (κ1) is 13.9. The Bertz CT molecular complexity index is 152. The Labute approximate surface area is 89.9 Å². The molecule has 0 radical (unpaired) electrons. The monoisotopic (exact) mass is 200 g/mol. The molecule has 0 fully saturated rings. The van der Waals surface area contributed by atoms with Gasteiger partial charge in [0.1, 0.15) is 0 Å². The minimum Gasteiger partial charge on any atom is -0.327 e. The highest BCUT2D eigenvalue weighted by Crippen LogP contribution is 2.21. The highest BCUT2D eigenvalue weighted by Gasteiger charge is 2.25. The average Bonchev–Trinajstić information content (AvgIpc) is 2.03. The van der Waals surface area contributed by atoms with E-state index in [0.29, 0.717) is 6.04 Å². The summed E-state index contributed by atoms with van der Waals surface area (Å²) in [6.45, 7) is 12.2. The molecule has 0 aromatic carbocycles. The predicted octanol–water partition coefficient (Wildman–Crippen LogP) is 2.48. The molecule has 0 amide bonds. The molecule has 0 saturated heterocycles. The molecule has 0 heterocycles. The second kappa shape index (κ2) is 5.72. The van der Waals surface area contributed by atoms with Crippen molar-refractivity contribution in [2.75, 3.05) is 13.6 Å². The molecule has 0 saturated carbocycles. The first-order valence-corrected chi connectivity index (χ1v) is 5.77. The van der Waals surface area contributed by atoms with Crippen molar-refractivity contribution >= 4 is 0 Å². The molecule has 0 rings (SSSR count). The van der Waals surface area contributed by atoms with Crippen molar-refractivity contribution in [1.29, 1.82) is 0 Å². The van der Waals surface area contributed by atoms with E-state index in [9.17, 15) is 0 Å². The van der Waals surface area contributed by atoms with Gasteiger partial charge in [0.15, 0.2) is 0 Å². The third-order valence-electron chi connectivity index (χ3n) is 3.35. The molecule has 2 heteroatoms. The van der Waals surface area contributed by atoms with Gasteiger partial charge in [-0.3, -0.25) is 0 Å². The summed E-state index contributed by atoms with van der Waals surface area (Å²) in [6.07, 6.45) is 2.52. The van der Waals surface area contributed by atoms with Gasteiger partial charge < -0.3 is 10.6 Å². The Morgan fingerprint density at radius 1 is 1.29 bits per heavy atom. The Morgan fingerprint density at radius 3 is 2.14 bits per heavy atom. The van der Waals surface area contributed by atoms with Gasteiger partial charge in [-0.15, -0.1) is 0 Å². The van der Waals surface area contributed by atoms with E-state index in [-0.39, 0.29) is 11.5 Å². The van der Waals surface area contributed by atoms with E-state index in [1.54, 1.807) is 0 Å². The molecule has 2 unspecified atom stereocenters. The lowest BCUT2D eigenvalue weighted by molar-refractivity contribution is 0.144. The highest BCUT2D eigenvalue weighted by molar-refractivity contribution is 4.82. The molecule has 0 aromatic rings. The van der Waals surface area contributed by atoms with E-state index in [0.717, 1.165) is 6.54 Å². The minimum absolute atomic E-state index is 0.205. The fourth-order valence-electron chi connectivity index (χ4n) is 1.58. The summed E-state index contributed by atoms with van der Waals surface area (Å²) in [5, 5.41) is 0. The number of hydrogen-bond donors (Lipinski definition) is 1. The fourth-order valence-corrected chi connectivity index (χ4v) is 1.58. The van der Waals surface area contributed by atoms with Crippen LogP contribution in [0.1, 0.15) is 47.5 Å². The SMILES string of the molecule is CCCC(C)N(C)CC(C)(C)C(C)N. The molecule has 0 spiro atoms. The Morgan fingerprint density at radius 2 is 1.79 bits per heavy atom. The normalized spacial score (nSPS) is 17.1. The lowest BCUT2D eigenvalue weighted by atomic mass is 9.85. The minimum atomic E-state index is 0.205. The van der Waals surface area contributed by atoms with E-state index >= 15 is 0 Å². The Balaban J connectivity index is 4.10. The zero-order valence-corrected chi connectivity index (χ0v) is 10.8. The molecule has 0 aromatic heterocycles. The van der Waals surface area contributed by atoms with E-state index in [2.05, 4.69) is 46.6 Å². The van der Waals surface area contributed by atoms with Crippen LogP contribution in [-0.4, -0.2) is 30.6 Å². The van der Waals surface area contributed by atoms with E-state index in [1.165, 1.54) is 12.8 Å². The Kier molecular flexibility index (Phi) is 5.68. The van der Waals surface area contributed by atoms with Crippen LogP contribution in [0, 0.1) is 5.41 Å². The summed E-state index contributed by atoms with van der Waals surface area (Å²) in [4.78, 5) is 2.42. The van der Waals surface area contributed by atoms with Crippen LogP contribution >= 0.6 is 0 Å². The second-order valence-electron chi connectivity index (χ2n) is 5.33. The van der Waals surface area contributed by atoms with Crippen molar-refractivity contribution in [3.05, 3.63) is 0 Å². The van der Waals surface area contributed by atoms with Gasteiger partial charge in [0.2, 0.25) is 0 Å². The van der Waals surface area contributed by atoms with Crippen molar-refractivity contribution in [2.24, 2.45) is 11.1 Å². The van der Waals surface area contributed by atoms with Gasteiger partial charge in [0.25, 0.3) is 0 Å². The van der Waals surface area contributed by atoms with Gasteiger partial charge in [-0.2, -0.15) is 0 Å². The topological polar surface area (TPSA) is 29.3 Å². The Hall–Kier alpha value is -0.0800. The first-order chi connectivity index (χ1) is 6.31. The summed E-state index contributed by atoms with van der Waals surface area (Å²) in [7, 11) is 2.20. The molecule has 14 heavy (non-hydrogen) atoms. The van der Waals surface area contributed by atoms with E-state index in [1.807, 2.05) is 0 Å². The van der Waals surface area contributed by atoms with Gasteiger partial charge in [0.05, 0.1) is 0 Å². The smallest absolute Gasteiger partial charge is 0.00739 e. The van der Waals surface area contributed by atoms with Crippen LogP contribution in [0.4, 0.5) is 0 Å². The summed E-state index contributed by atoms with van der Waals surface area (Å²) in [6, 6.07) is 0.914. The van der Waals surface area contributed by atoms with Crippen LogP contribution in [0.25, 0.3) is 0 Å². The average molecular weight is 200 g/mol. The number of nitrogens with zero attached hydrogens (tertiary/aromatic N) is 1. The zero-order valence-electron chi connectivity index (χ0n) is 10.8. The van der Waals surface area contributed by atoms with Gasteiger partial charge in [0, 0.05) is 18.6 Å². The van der Waals surface area contributed by atoms with Crippen LogP contribution in [0.2, 0.25) is 0 Å². The largest absolute Gasteiger partial charge is 0.327 e. The summed E-state index contributed by atoms with van der Waals surface area (Å²) >= 11 is 0. The second-order valence-corrected chi connectivity index (χ2v) is 5.33. The molecular weight excluding hydrogens is 172 g/mol. The van der Waals surface area contributed by atoms with Gasteiger partial charge in [-0.25, -0.2) is 0 Å². The quantitative estimate of drug-likeness (QED) is 0.714. The number of rotatable bonds is 6. The molecule has 0 aliphatic heterocycles. The van der Waals surface area contributed by atoms with Gasteiger partial charge >= 0.3 is 0 Å². The molecule has 0 aliphatic carbocycles. The maximum atomic E-state index is 5.97. The van der Waals surface area contributed by atoms with Crippen LogP contribution in [0.15, 0.2) is 0 Å². The van der Waals surface area contributed by atoms with Crippen molar-refractivity contribution in [1.82, 2.24) is 4.90 Å². The van der Waals surface area contributed by atoms with Gasteiger partial charge in [-0.1, -0.05) is 27.2 Å². The lowest BCUT2D eigenvalue weighted by Crippen LogP contribution is -2.45. The van der Waals surface area contributed by atoms with Crippen LogP contribution in [0.5, 0.6) is 0 Å². The van der Waals surface area contributed by atoms with E-state index in [4.69, 9.17) is 5.73 Å². The zero-order chi connectivity index (χ0) is 11.4. The molecule has 0 aliphatic rings. The molecular formula is C12H28N2. The summed E-state index contributed by atoms with van der Waals surface area (Å²) in [5.74, 6) is 0. The third kappa shape index (κ3) is 4.43. The van der Waals surface area contributed by atoms with Crippen molar-refractivity contribution in [3.8, 4) is 0 Å². The van der Waals surface area contributed by atoms with Crippen LogP contribution in [-0.2, 0) is 0 Å². The maximum absolute atomic E-state index is 5.97. The number of hydrogen-bond acceptors (Lipinski definition) is 2. The van der Waals surface area contributed by atoms with E-state index < -0.39 is 0 Å². The molecule has 86 valence electrons. The number of nitrogens with two attached hydrogens (primary N) is 1. The summed E-state index contributed by atoms with van der Waals surface area (Å²) in [5.41, 5.74) is 6.17. The molecule has 2 N–H and O–H groups in total. The summed E-state index contributed by atoms with van der Waals surface area (Å²) < 4.78 is 0. The highest BCUT2D eigenvalue weighted by atomic mass is 15.1. The lowest BCUT2D eigenvalue weighted by Gasteiger charge is -2.36. The third-order valence-corrected chi connectivity index (χ3v) is 3.35. The van der Waals surface area contributed by atoms with Crippen molar-refractivity contribution < 1.29 is 0 Å². The maximum Gasteiger partial charge on any atom is 0.00739 e.